The van der Waals surface area contributed by atoms with Crippen molar-refractivity contribution in [2.24, 2.45) is 0 Å². The fourth-order valence-corrected chi connectivity index (χ4v) is 4.69. The summed E-state index contributed by atoms with van der Waals surface area (Å²) in [5.41, 5.74) is 4.03. The second-order valence-electron chi connectivity index (χ2n) is 6.71. The van der Waals surface area contributed by atoms with E-state index in [1.165, 1.54) is 0 Å². The number of benzene rings is 2. The van der Waals surface area contributed by atoms with Gasteiger partial charge in [-0.1, -0.05) is 41.9 Å². The van der Waals surface area contributed by atoms with E-state index in [1.807, 2.05) is 62.4 Å². The zero-order valence-corrected chi connectivity index (χ0v) is 17.1. The first kappa shape index (κ1) is 18.9. The van der Waals surface area contributed by atoms with Crippen LogP contribution in [0.2, 0.25) is 5.02 Å². The molecule has 28 heavy (non-hydrogen) atoms. The highest BCUT2D eigenvalue weighted by Crippen LogP contribution is 2.44. The minimum absolute atomic E-state index is 0.0142. The molecule has 0 aliphatic carbocycles. The number of carbonyl (C=O) groups excluding carboxylic acids is 1. The lowest BCUT2D eigenvalue weighted by molar-refractivity contribution is -0.115. The van der Waals surface area contributed by atoms with Crippen LogP contribution in [0, 0.1) is 6.92 Å². The number of aromatic amines is 1. The summed E-state index contributed by atoms with van der Waals surface area (Å²) in [7, 11) is 0. The molecule has 1 amide bonds. The molecule has 2 heterocycles. The highest BCUT2D eigenvalue weighted by atomic mass is 35.5. The molecule has 1 aliphatic rings. The Balaban J connectivity index is 1.55. The SMILES string of the molecule is Cc1[nH]nc2c1[C@@H](c1ccc(OCc3ccccc3Cl)cc1)S[C@@H](C)C(=O)N2. The number of amides is 1. The predicted octanol–water partition coefficient (Wildman–Crippen LogP) is 5.11. The summed E-state index contributed by atoms with van der Waals surface area (Å²) in [4.78, 5) is 12.2. The number of nitrogens with one attached hydrogen (secondary N) is 2. The Kier molecular flexibility index (Phi) is 5.33. The van der Waals surface area contributed by atoms with Gasteiger partial charge in [0.2, 0.25) is 5.91 Å². The van der Waals surface area contributed by atoms with Gasteiger partial charge in [-0.05, 0) is 37.6 Å². The third kappa shape index (κ3) is 3.75. The summed E-state index contributed by atoms with van der Waals surface area (Å²) < 4.78 is 5.88. The number of thioether (sulfide) groups is 1. The summed E-state index contributed by atoms with van der Waals surface area (Å²) >= 11 is 7.80. The van der Waals surface area contributed by atoms with Crippen LogP contribution < -0.4 is 10.1 Å². The smallest absolute Gasteiger partial charge is 0.238 e. The molecular formula is C21H20ClN3O2S. The van der Waals surface area contributed by atoms with Crippen LogP contribution in [-0.4, -0.2) is 21.4 Å². The zero-order valence-electron chi connectivity index (χ0n) is 15.5. The predicted molar refractivity (Wildman–Crippen MR) is 113 cm³/mol. The highest BCUT2D eigenvalue weighted by molar-refractivity contribution is 8.01. The lowest BCUT2D eigenvalue weighted by Gasteiger charge is -2.18. The number of aryl methyl sites for hydroxylation is 1. The largest absolute Gasteiger partial charge is 0.489 e. The summed E-state index contributed by atoms with van der Waals surface area (Å²) in [6.07, 6.45) is 0. The number of aromatic nitrogens is 2. The Labute approximate surface area is 172 Å². The van der Waals surface area contributed by atoms with Crippen LogP contribution in [0.15, 0.2) is 48.5 Å². The molecule has 4 rings (SSSR count). The number of nitrogens with zero attached hydrogens (tertiary/aromatic N) is 1. The Hall–Kier alpha value is -2.44. The van der Waals surface area contributed by atoms with E-state index in [0.29, 0.717) is 17.4 Å². The molecule has 3 aromatic rings. The standard InChI is InChI=1S/C21H20ClN3O2S/c1-12-18-19(28-13(2)21(26)23-20(18)25-24-12)14-7-9-16(10-8-14)27-11-15-5-3-4-6-17(15)22/h3-10,13,19H,11H2,1-2H3,(H2,23,24,25,26)/t13-,19+/m0/s1. The number of hydrogen-bond acceptors (Lipinski definition) is 4. The quantitative estimate of drug-likeness (QED) is 0.623. The number of rotatable bonds is 4. The van der Waals surface area contributed by atoms with Crippen molar-refractivity contribution >= 4 is 35.1 Å². The minimum atomic E-state index is -0.172. The van der Waals surface area contributed by atoms with Gasteiger partial charge in [0.05, 0.1) is 10.5 Å². The average molecular weight is 414 g/mol. The fourth-order valence-electron chi connectivity index (χ4n) is 3.17. The maximum atomic E-state index is 12.2. The van der Waals surface area contributed by atoms with E-state index in [9.17, 15) is 4.79 Å². The van der Waals surface area contributed by atoms with Crippen molar-refractivity contribution in [1.82, 2.24) is 10.2 Å². The minimum Gasteiger partial charge on any atom is -0.489 e. The van der Waals surface area contributed by atoms with Gasteiger partial charge < -0.3 is 10.1 Å². The third-order valence-electron chi connectivity index (χ3n) is 4.74. The lowest BCUT2D eigenvalue weighted by Crippen LogP contribution is -2.21. The van der Waals surface area contributed by atoms with Crippen LogP contribution >= 0.6 is 23.4 Å². The van der Waals surface area contributed by atoms with Gasteiger partial charge in [0.15, 0.2) is 5.82 Å². The van der Waals surface area contributed by atoms with Gasteiger partial charge in [-0.15, -0.1) is 11.8 Å². The topological polar surface area (TPSA) is 67.0 Å². The number of H-pyrrole nitrogens is 1. The molecular weight excluding hydrogens is 394 g/mol. The second-order valence-corrected chi connectivity index (χ2v) is 8.57. The van der Waals surface area contributed by atoms with Gasteiger partial charge >= 0.3 is 0 Å². The highest BCUT2D eigenvalue weighted by Gasteiger charge is 2.32. The number of carbonyl (C=O) groups is 1. The number of fused-ring (bicyclic) bond motifs is 1. The van der Waals surface area contributed by atoms with Gasteiger partial charge in [0.25, 0.3) is 0 Å². The van der Waals surface area contributed by atoms with Crippen molar-refractivity contribution in [2.45, 2.75) is 31.0 Å². The first-order valence-electron chi connectivity index (χ1n) is 9.00. The number of ether oxygens (including phenoxy) is 1. The number of hydrogen-bond donors (Lipinski definition) is 2. The third-order valence-corrected chi connectivity index (χ3v) is 6.51. The van der Waals surface area contributed by atoms with E-state index in [2.05, 4.69) is 15.5 Å². The van der Waals surface area contributed by atoms with Gasteiger partial charge in [0, 0.05) is 21.8 Å². The van der Waals surface area contributed by atoms with E-state index in [0.717, 1.165) is 28.1 Å². The first-order valence-corrected chi connectivity index (χ1v) is 10.3. The van der Waals surface area contributed by atoms with E-state index in [-0.39, 0.29) is 16.4 Å². The summed E-state index contributed by atoms with van der Waals surface area (Å²) in [6, 6.07) is 15.6. The Morgan fingerprint density at radius 1 is 1.18 bits per heavy atom. The Morgan fingerprint density at radius 2 is 1.93 bits per heavy atom. The van der Waals surface area contributed by atoms with Crippen molar-refractivity contribution < 1.29 is 9.53 Å². The fraction of sp³-hybridized carbons (Fsp3) is 0.238. The van der Waals surface area contributed by atoms with E-state index in [4.69, 9.17) is 16.3 Å². The normalized spacial score (nSPS) is 18.9. The van der Waals surface area contributed by atoms with Crippen molar-refractivity contribution in [1.29, 1.82) is 0 Å². The van der Waals surface area contributed by atoms with Gasteiger partial charge in [0.1, 0.15) is 12.4 Å². The summed E-state index contributed by atoms with van der Waals surface area (Å²) in [5.74, 6) is 1.36. The van der Waals surface area contributed by atoms with Gasteiger partial charge in [-0.2, -0.15) is 5.10 Å². The molecule has 2 N–H and O–H groups in total. The van der Waals surface area contributed by atoms with Crippen molar-refractivity contribution in [3.8, 4) is 5.75 Å². The molecule has 7 heteroatoms. The molecule has 2 atom stereocenters. The van der Waals surface area contributed by atoms with E-state index >= 15 is 0 Å². The van der Waals surface area contributed by atoms with Crippen LogP contribution in [-0.2, 0) is 11.4 Å². The molecule has 2 aromatic carbocycles. The molecule has 0 saturated heterocycles. The van der Waals surface area contributed by atoms with E-state index in [1.54, 1.807) is 11.8 Å². The van der Waals surface area contributed by atoms with Gasteiger partial charge in [-0.3, -0.25) is 9.89 Å². The molecule has 1 aliphatic heterocycles. The first-order chi connectivity index (χ1) is 13.5. The number of halogens is 1. The van der Waals surface area contributed by atoms with Crippen LogP contribution in [0.25, 0.3) is 0 Å². The second kappa shape index (κ2) is 7.89. The Bertz CT molecular complexity index is 1000. The summed E-state index contributed by atoms with van der Waals surface area (Å²) in [5, 5.41) is 10.7. The molecule has 0 unspecified atom stereocenters. The maximum absolute atomic E-state index is 12.2. The average Bonchev–Trinajstić information content (AvgIpc) is 2.99. The zero-order chi connectivity index (χ0) is 19.7. The van der Waals surface area contributed by atoms with Crippen LogP contribution in [0.4, 0.5) is 5.82 Å². The van der Waals surface area contributed by atoms with Crippen LogP contribution in [0.1, 0.15) is 34.6 Å². The van der Waals surface area contributed by atoms with Crippen molar-refractivity contribution in [2.75, 3.05) is 5.32 Å². The molecule has 0 radical (unpaired) electrons. The number of anilines is 1. The van der Waals surface area contributed by atoms with Crippen molar-refractivity contribution in [3.05, 3.63) is 75.9 Å². The molecule has 5 nitrogen and oxygen atoms in total. The molecule has 144 valence electrons. The lowest BCUT2D eigenvalue weighted by atomic mass is 10.0. The molecule has 0 spiro atoms. The van der Waals surface area contributed by atoms with Crippen molar-refractivity contribution in [3.63, 3.8) is 0 Å². The van der Waals surface area contributed by atoms with Crippen LogP contribution in [0.5, 0.6) is 5.75 Å². The summed E-state index contributed by atoms with van der Waals surface area (Å²) in [6.45, 7) is 4.30. The van der Waals surface area contributed by atoms with Gasteiger partial charge in [-0.25, -0.2) is 0 Å². The molecule has 0 bridgehead atoms. The molecule has 0 saturated carbocycles. The van der Waals surface area contributed by atoms with Crippen LogP contribution in [0.3, 0.4) is 0 Å². The molecule has 0 fully saturated rings. The molecule has 1 aromatic heterocycles. The van der Waals surface area contributed by atoms with E-state index < -0.39 is 0 Å². The Morgan fingerprint density at radius 3 is 2.68 bits per heavy atom. The monoisotopic (exact) mass is 413 g/mol. The maximum Gasteiger partial charge on any atom is 0.238 e.